The number of halogens is 1. The van der Waals surface area contributed by atoms with Crippen molar-refractivity contribution >= 4 is 23.4 Å². The highest BCUT2D eigenvalue weighted by Crippen LogP contribution is 2.40. The SMILES string of the molecule is CCCCCCC1(CCCCCC)CCC(=O)N1C(=O)C(C)Cl. The van der Waals surface area contributed by atoms with E-state index in [1.165, 1.54) is 38.5 Å². The van der Waals surface area contributed by atoms with Crippen LogP contribution in [0.1, 0.15) is 97.8 Å². The Bertz CT molecular complexity index is 370. The smallest absolute Gasteiger partial charge is 0.247 e. The van der Waals surface area contributed by atoms with E-state index in [9.17, 15) is 9.59 Å². The molecule has 0 aromatic carbocycles. The number of carbonyl (C=O) groups is 2. The van der Waals surface area contributed by atoms with Crippen molar-refractivity contribution in [3.05, 3.63) is 0 Å². The van der Waals surface area contributed by atoms with Crippen LogP contribution in [0.5, 0.6) is 0 Å². The number of imide groups is 1. The van der Waals surface area contributed by atoms with Crippen LogP contribution in [0.2, 0.25) is 0 Å². The zero-order valence-electron chi connectivity index (χ0n) is 15.2. The molecule has 2 amide bonds. The van der Waals surface area contributed by atoms with Crippen LogP contribution in [0, 0.1) is 0 Å². The summed E-state index contributed by atoms with van der Waals surface area (Å²) in [4.78, 5) is 26.4. The van der Waals surface area contributed by atoms with Gasteiger partial charge in [0.1, 0.15) is 5.38 Å². The fourth-order valence-corrected chi connectivity index (χ4v) is 3.82. The molecule has 1 rings (SSSR count). The maximum Gasteiger partial charge on any atom is 0.247 e. The number of amides is 2. The Morgan fingerprint density at radius 2 is 1.61 bits per heavy atom. The lowest BCUT2D eigenvalue weighted by Crippen LogP contribution is -2.51. The number of rotatable bonds is 11. The molecule has 0 aromatic rings. The molecule has 0 aliphatic carbocycles. The van der Waals surface area contributed by atoms with Crippen molar-refractivity contribution in [1.82, 2.24) is 4.90 Å². The molecule has 0 N–H and O–H groups in total. The summed E-state index contributed by atoms with van der Waals surface area (Å²) in [6.07, 6.45) is 12.6. The molecular formula is C19H34ClNO2. The van der Waals surface area contributed by atoms with Gasteiger partial charge in [0.05, 0.1) is 5.54 Å². The van der Waals surface area contributed by atoms with E-state index in [1.807, 2.05) is 0 Å². The number of carbonyl (C=O) groups excluding carboxylic acids is 2. The summed E-state index contributed by atoms with van der Waals surface area (Å²) in [5.74, 6) is -0.214. The van der Waals surface area contributed by atoms with Crippen LogP contribution in [-0.4, -0.2) is 27.6 Å². The van der Waals surface area contributed by atoms with Gasteiger partial charge in [-0.2, -0.15) is 0 Å². The third kappa shape index (κ3) is 5.77. The minimum absolute atomic E-state index is 0.0199. The Morgan fingerprint density at radius 1 is 1.09 bits per heavy atom. The van der Waals surface area contributed by atoms with Gasteiger partial charge in [-0.15, -0.1) is 11.6 Å². The lowest BCUT2D eigenvalue weighted by Gasteiger charge is -2.38. The molecule has 1 atom stereocenters. The minimum Gasteiger partial charge on any atom is -0.275 e. The van der Waals surface area contributed by atoms with Crippen molar-refractivity contribution in [2.75, 3.05) is 0 Å². The second kappa shape index (κ2) is 10.3. The second-order valence-electron chi connectivity index (χ2n) is 7.03. The van der Waals surface area contributed by atoms with Gasteiger partial charge in [-0.05, 0) is 26.2 Å². The van der Waals surface area contributed by atoms with Gasteiger partial charge in [-0.1, -0.05) is 65.2 Å². The number of hydrogen-bond acceptors (Lipinski definition) is 2. The quantitative estimate of drug-likeness (QED) is 0.370. The molecule has 1 aliphatic rings. The molecule has 4 heteroatoms. The van der Waals surface area contributed by atoms with Gasteiger partial charge >= 0.3 is 0 Å². The predicted molar refractivity (Wildman–Crippen MR) is 96.7 cm³/mol. The zero-order valence-corrected chi connectivity index (χ0v) is 16.0. The van der Waals surface area contributed by atoms with Crippen LogP contribution in [0.3, 0.4) is 0 Å². The summed E-state index contributed by atoms with van der Waals surface area (Å²) in [6, 6.07) is 0. The van der Waals surface area contributed by atoms with E-state index in [0.29, 0.717) is 6.42 Å². The molecule has 0 spiro atoms. The summed E-state index contributed by atoms with van der Waals surface area (Å²) in [5.41, 5.74) is -0.265. The van der Waals surface area contributed by atoms with Crippen LogP contribution in [0.4, 0.5) is 0 Å². The van der Waals surface area contributed by atoms with Gasteiger partial charge in [-0.3, -0.25) is 14.5 Å². The number of hydrogen-bond donors (Lipinski definition) is 0. The Morgan fingerprint density at radius 3 is 2.04 bits per heavy atom. The molecule has 1 aliphatic heterocycles. The van der Waals surface area contributed by atoms with E-state index in [0.717, 1.165) is 32.1 Å². The van der Waals surface area contributed by atoms with E-state index in [4.69, 9.17) is 11.6 Å². The van der Waals surface area contributed by atoms with Crippen molar-refractivity contribution in [3.63, 3.8) is 0 Å². The molecule has 1 unspecified atom stereocenters. The van der Waals surface area contributed by atoms with Gasteiger partial charge in [-0.25, -0.2) is 0 Å². The van der Waals surface area contributed by atoms with Gasteiger partial charge in [0.15, 0.2) is 0 Å². The fraction of sp³-hybridized carbons (Fsp3) is 0.895. The topological polar surface area (TPSA) is 37.4 Å². The first-order valence-electron chi connectivity index (χ1n) is 9.49. The second-order valence-corrected chi connectivity index (χ2v) is 7.68. The third-order valence-corrected chi connectivity index (χ3v) is 5.27. The average Bonchev–Trinajstić information content (AvgIpc) is 2.84. The van der Waals surface area contributed by atoms with Crippen LogP contribution >= 0.6 is 11.6 Å². The lowest BCUT2D eigenvalue weighted by atomic mass is 9.83. The van der Waals surface area contributed by atoms with E-state index in [1.54, 1.807) is 11.8 Å². The van der Waals surface area contributed by atoms with Crippen molar-refractivity contribution < 1.29 is 9.59 Å². The largest absolute Gasteiger partial charge is 0.275 e. The standard InChI is InChI=1S/C19H34ClNO2/c1-4-6-8-10-13-19(14-11-9-7-5-2)15-12-17(22)21(19)18(23)16(3)20/h16H,4-15H2,1-3H3. The van der Waals surface area contributed by atoms with Crippen LogP contribution < -0.4 is 0 Å². The summed E-state index contributed by atoms with van der Waals surface area (Å²) in [6.45, 7) is 6.07. The molecule has 1 heterocycles. The van der Waals surface area contributed by atoms with Crippen molar-refractivity contribution in [1.29, 1.82) is 0 Å². The lowest BCUT2D eigenvalue weighted by molar-refractivity contribution is -0.147. The van der Waals surface area contributed by atoms with E-state index >= 15 is 0 Å². The Balaban J connectivity index is 2.82. The van der Waals surface area contributed by atoms with E-state index < -0.39 is 5.38 Å². The monoisotopic (exact) mass is 343 g/mol. The molecule has 23 heavy (non-hydrogen) atoms. The molecule has 134 valence electrons. The minimum atomic E-state index is -0.622. The van der Waals surface area contributed by atoms with E-state index in [-0.39, 0.29) is 17.4 Å². The number of alkyl halides is 1. The summed E-state index contributed by atoms with van der Waals surface area (Å²) in [7, 11) is 0. The fourth-order valence-electron chi connectivity index (χ4n) is 3.72. The van der Waals surface area contributed by atoms with Crippen LogP contribution in [-0.2, 0) is 9.59 Å². The van der Waals surface area contributed by atoms with Crippen molar-refractivity contribution in [3.8, 4) is 0 Å². The highest BCUT2D eigenvalue weighted by Gasteiger charge is 2.48. The Labute approximate surface area is 147 Å². The predicted octanol–water partition coefficient (Wildman–Crippen LogP) is 5.44. The first-order chi connectivity index (χ1) is 11.0. The summed E-state index contributed by atoms with van der Waals surface area (Å²) in [5, 5.41) is -0.622. The number of unbranched alkanes of at least 4 members (excludes halogenated alkanes) is 6. The van der Waals surface area contributed by atoms with Crippen LogP contribution in [0.15, 0.2) is 0 Å². The van der Waals surface area contributed by atoms with Crippen molar-refractivity contribution in [2.45, 2.75) is 109 Å². The summed E-state index contributed by atoms with van der Waals surface area (Å²) >= 11 is 6.02. The zero-order chi connectivity index (χ0) is 17.3. The normalized spacial score (nSPS) is 18.4. The van der Waals surface area contributed by atoms with Gasteiger partial charge < -0.3 is 0 Å². The Kier molecular flexibility index (Phi) is 9.19. The number of nitrogens with zero attached hydrogens (tertiary/aromatic N) is 1. The highest BCUT2D eigenvalue weighted by molar-refractivity contribution is 6.31. The molecular weight excluding hydrogens is 310 g/mol. The van der Waals surface area contributed by atoms with Gasteiger partial charge in [0, 0.05) is 6.42 Å². The molecule has 1 fully saturated rings. The average molecular weight is 344 g/mol. The third-order valence-electron chi connectivity index (χ3n) is 5.08. The highest BCUT2D eigenvalue weighted by atomic mass is 35.5. The van der Waals surface area contributed by atoms with Gasteiger partial charge in [0.25, 0.3) is 0 Å². The summed E-state index contributed by atoms with van der Waals surface area (Å²) < 4.78 is 0. The van der Waals surface area contributed by atoms with Crippen LogP contribution in [0.25, 0.3) is 0 Å². The van der Waals surface area contributed by atoms with Crippen molar-refractivity contribution in [2.24, 2.45) is 0 Å². The molecule has 0 saturated carbocycles. The first-order valence-corrected chi connectivity index (χ1v) is 9.93. The van der Waals surface area contributed by atoms with Gasteiger partial charge in [0.2, 0.25) is 11.8 Å². The molecule has 0 bridgehead atoms. The Hall–Kier alpha value is -0.570. The molecule has 0 radical (unpaired) electrons. The maximum absolute atomic E-state index is 12.5. The molecule has 1 saturated heterocycles. The number of likely N-dealkylation sites (tertiary alicyclic amines) is 1. The molecule has 3 nitrogen and oxygen atoms in total. The first kappa shape index (κ1) is 20.5. The maximum atomic E-state index is 12.5. The molecule has 0 aromatic heterocycles. The van der Waals surface area contributed by atoms with E-state index in [2.05, 4.69) is 13.8 Å².